The molecule has 1 heterocycles. The first-order chi connectivity index (χ1) is 18.6. The van der Waals surface area contributed by atoms with E-state index in [-0.39, 0.29) is 6.42 Å². The fourth-order valence-corrected chi connectivity index (χ4v) is 4.39. The Balaban J connectivity index is 1.56. The molecule has 5 rings (SSSR count). The van der Waals surface area contributed by atoms with Crippen molar-refractivity contribution in [2.45, 2.75) is 13.0 Å². The van der Waals surface area contributed by atoms with Gasteiger partial charge in [0.2, 0.25) is 5.75 Å². The van der Waals surface area contributed by atoms with E-state index < -0.39 is 5.97 Å². The highest BCUT2D eigenvalue weighted by Gasteiger charge is 2.21. The van der Waals surface area contributed by atoms with Crippen LogP contribution in [0.15, 0.2) is 91.0 Å². The Kier molecular flexibility index (Phi) is 7.17. The van der Waals surface area contributed by atoms with Gasteiger partial charge in [0.15, 0.2) is 11.5 Å². The first-order valence-corrected chi connectivity index (χ1v) is 12.1. The minimum Gasteiger partial charge on any atom is -0.493 e. The summed E-state index contributed by atoms with van der Waals surface area (Å²) in [5.41, 5.74) is 3.80. The fraction of sp³-hybridized carbons (Fsp3) is 0.129. The third kappa shape index (κ3) is 5.27. The summed E-state index contributed by atoms with van der Waals surface area (Å²) in [7, 11) is 3.12. The number of carboxylic acid groups (broad SMARTS) is 1. The van der Waals surface area contributed by atoms with Crippen molar-refractivity contribution < 1.29 is 28.8 Å². The van der Waals surface area contributed by atoms with Gasteiger partial charge in [-0.1, -0.05) is 48.5 Å². The van der Waals surface area contributed by atoms with Gasteiger partial charge in [-0.3, -0.25) is 4.79 Å². The van der Waals surface area contributed by atoms with Crippen LogP contribution in [0.5, 0.6) is 28.7 Å². The Morgan fingerprint density at radius 3 is 2.11 bits per heavy atom. The smallest absolute Gasteiger partial charge is 0.307 e. The van der Waals surface area contributed by atoms with Crippen LogP contribution in [0.3, 0.4) is 0 Å². The van der Waals surface area contributed by atoms with Crippen LogP contribution in [0.1, 0.15) is 11.1 Å². The zero-order valence-corrected chi connectivity index (χ0v) is 21.1. The van der Waals surface area contributed by atoms with E-state index in [1.807, 2.05) is 91.0 Å². The minimum atomic E-state index is -0.941. The normalized spacial score (nSPS) is 10.8. The number of para-hydroxylation sites is 1. The van der Waals surface area contributed by atoms with Gasteiger partial charge in [0.1, 0.15) is 18.1 Å². The average Bonchev–Trinajstić information content (AvgIpc) is 3.29. The molecule has 0 amide bonds. The van der Waals surface area contributed by atoms with Crippen LogP contribution in [0.4, 0.5) is 0 Å². The fourth-order valence-electron chi connectivity index (χ4n) is 4.39. The second-order valence-corrected chi connectivity index (χ2v) is 8.66. The number of aromatic nitrogens is 1. The summed E-state index contributed by atoms with van der Waals surface area (Å²) in [5.74, 6) is 1.79. The summed E-state index contributed by atoms with van der Waals surface area (Å²) in [6, 6.07) is 28.5. The number of carbonyl (C=O) groups is 1. The van der Waals surface area contributed by atoms with E-state index in [4.69, 9.17) is 18.9 Å². The standard InChI is InChI=1S/C31H27NO6/c1-35-27-15-21(16-28(36-2)31(27)37-19-20-9-5-3-6-10-20)30-25(18-29(33)34)24-17-23(13-14-26(24)32-30)38-22-11-7-4-8-12-22/h3-17,32H,18-19H2,1-2H3,(H,33,34). The molecule has 0 aliphatic carbocycles. The molecule has 7 nitrogen and oxygen atoms in total. The number of carboxylic acids is 1. The van der Waals surface area contributed by atoms with Crippen LogP contribution in [-0.4, -0.2) is 30.3 Å². The van der Waals surface area contributed by atoms with Crippen molar-refractivity contribution in [2.24, 2.45) is 0 Å². The Labute approximate surface area is 220 Å². The van der Waals surface area contributed by atoms with Gasteiger partial charge in [-0.25, -0.2) is 0 Å². The molecule has 0 saturated heterocycles. The van der Waals surface area contributed by atoms with Crippen molar-refractivity contribution in [3.05, 3.63) is 102 Å². The highest BCUT2D eigenvalue weighted by molar-refractivity contribution is 5.95. The van der Waals surface area contributed by atoms with Gasteiger partial charge in [-0.2, -0.15) is 0 Å². The topological polar surface area (TPSA) is 90.0 Å². The number of fused-ring (bicyclic) bond motifs is 1. The van der Waals surface area contributed by atoms with Crippen molar-refractivity contribution in [1.29, 1.82) is 0 Å². The summed E-state index contributed by atoms with van der Waals surface area (Å²) < 4.78 is 23.4. The van der Waals surface area contributed by atoms with Gasteiger partial charge in [0.05, 0.1) is 26.3 Å². The van der Waals surface area contributed by atoms with Crippen molar-refractivity contribution in [2.75, 3.05) is 14.2 Å². The van der Waals surface area contributed by atoms with Gasteiger partial charge in [0, 0.05) is 16.5 Å². The number of hydrogen-bond donors (Lipinski definition) is 2. The number of aromatic amines is 1. The number of aliphatic carboxylic acids is 1. The molecular weight excluding hydrogens is 482 g/mol. The summed E-state index contributed by atoms with van der Waals surface area (Å²) >= 11 is 0. The van der Waals surface area contributed by atoms with Gasteiger partial charge in [-0.05, 0) is 53.6 Å². The van der Waals surface area contributed by atoms with Gasteiger partial charge < -0.3 is 29.0 Å². The number of ether oxygens (including phenoxy) is 4. The lowest BCUT2D eigenvalue weighted by Crippen LogP contribution is -2.02. The predicted molar refractivity (Wildman–Crippen MR) is 145 cm³/mol. The van der Waals surface area contributed by atoms with Crippen molar-refractivity contribution in [3.8, 4) is 40.0 Å². The monoisotopic (exact) mass is 509 g/mol. The number of H-pyrrole nitrogens is 1. The second kappa shape index (κ2) is 11.0. The molecule has 0 fully saturated rings. The number of benzene rings is 4. The van der Waals surface area contributed by atoms with Crippen LogP contribution >= 0.6 is 0 Å². The lowest BCUT2D eigenvalue weighted by molar-refractivity contribution is -0.136. The van der Waals surface area contributed by atoms with Crippen molar-refractivity contribution in [3.63, 3.8) is 0 Å². The average molecular weight is 510 g/mol. The molecule has 0 unspecified atom stereocenters. The molecular formula is C31H27NO6. The molecule has 0 radical (unpaired) electrons. The van der Waals surface area contributed by atoms with Crippen LogP contribution in [0.2, 0.25) is 0 Å². The molecule has 4 aromatic carbocycles. The molecule has 38 heavy (non-hydrogen) atoms. The maximum Gasteiger partial charge on any atom is 0.307 e. The van der Waals surface area contributed by atoms with Crippen LogP contribution in [0, 0.1) is 0 Å². The van der Waals surface area contributed by atoms with E-state index in [1.54, 1.807) is 14.2 Å². The van der Waals surface area contributed by atoms with Gasteiger partial charge in [0.25, 0.3) is 0 Å². The highest BCUT2D eigenvalue weighted by Crippen LogP contribution is 2.43. The zero-order valence-electron chi connectivity index (χ0n) is 21.1. The van der Waals surface area contributed by atoms with E-state index in [0.717, 1.165) is 16.5 Å². The van der Waals surface area contributed by atoms with E-state index in [0.29, 0.717) is 52.2 Å². The van der Waals surface area contributed by atoms with Gasteiger partial charge in [-0.15, -0.1) is 0 Å². The Morgan fingerprint density at radius 2 is 1.47 bits per heavy atom. The van der Waals surface area contributed by atoms with Crippen molar-refractivity contribution >= 4 is 16.9 Å². The molecule has 1 aromatic heterocycles. The van der Waals surface area contributed by atoms with Crippen LogP contribution < -0.4 is 18.9 Å². The number of methoxy groups -OCH3 is 2. The summed E-state index contributed by atoms with van der Waals surface area (Å²) in [5, 5.41) is 10.5. The molecule has 0 atom stereocenters. The minimum absolute atomic E-state index is 0.180. The summed E-state index contributed by atoms with van der Waals surface area (Å²) in [6.45, 7) is 0.341. The number of hydrogen-bond acceptors (Lipinski definition) is 5. The summed E-state index contributed by atoms with van der Waals surface area (Å²) in [6.07, 6.45) is -0.180. The molecule has 2 N–H and O–H groups in total. The number of rotatable bonds is 10. The SMILES string of the molecule is COc1cc(-c2[nH]c3ccc(Oc4ccccc4)cc3c2CC(=O)O)cc(OC)c1OCc1ccccc1. The van der Waals surface area contributed by atoms with Crippen LogP contribution in [-0.2, 0) is 17.8 Å². The molecule has 0 aliphatic heterocycles. The van der Waals surface area contributed by atoms with Crippen LogP contribution in [0.25, 0.3) is 22.2 Å². The molecule has 0 bridgehead atoms. The first kappa shape index (κ1) is 24.8. The zero-order chi connectivity index (χ0) is 26.5. The maximum atomic E-state index is 11.9. The molecule has 5 aromatic rings. The first-order valence-electron chi connectivity index (χ1n) is 12.1. The Morgan fingerprint density at radius 1 is 0.816 bits per heavy atom. The molecule has 0 aliphatic rings. The lowest BCUT2D eigenvalue weighted by atomic mass is 10.0. The van der Waals surface area contributed by atoms with E-state index >= 15 is 0 Å². The maximum absolute atomic E-state index is 11.9. The van der Waals surface area contributed by atoms with E-state index in [9.17, 15) is 9.90 Å². The number of nitrogens with one attached hydrogen (secondary N) is 1. The molecule has 0 saturated carbocycles. The summed E-state index contributed by atoms with van der Waals surface area (Å²) in [4.78, 5) is 15.3. The Hall–Kier alpha value is -4.91. The highest BCUT2D eigenvalue weighted by atomic mass is 16.5. The predicted octanol–water partition coefficient (Wildman–Crippen LogP) is 6.85. The van der Waals surface area contributed by atoms with Gasteiger partial charge >= 0.3 is 5.97 Å². The largest absolute Gasteiger partial charge is 0.493 e. The molecule has 192 valence electrons. The lowest BCUT2D eigenvalue weighted by Gasteiger charge is -2.16. The second-order valence-electron chi connectivity index (χ2n) is 8.66. The van der Waals surface area contributed by atoms with Crippen molar-refractivity contribution in [1.82, 2.24) is 4.98 Å². The molecule has 0 spiro atoms. The Bertz CT molecular complexity index is 1540. The quantitative estimate of drug-likeness (QED) is 0.214. The third-order valence-corrected chi connectivity index (χ3v) is 6.16. The van der Waals surface area contributed by atoms with E-state index in [2.05, 4.69) is 4.98 Å². The molecule has 7 heteroatoms. The third-order valence-electron chi connectivity index (χ3n) is 6.16. The van der Waals surface area contributed by atoms with E-state index in [1.165, 1.54) is 0 Å².